The van der Waals surface area contributed by atoms with Crippen molar-refractivity contribution in [3.63, 3.8) is 0 Å². The summed E-state index contributed by atoms with van der Waals surface area (Å²) in [5, 5.41) is 6.03. The van der Waals surface area contributed by atoms with E-state index >= 15 is 0 Å². The molecule has 4 aromatic rings. The van der Waals surface area contributed by atoms with Gasteiger partial charge in [0.2, 0.25) is 11.8 Å². The molecule has 0 saturated carbocycles. The molecule has 2 unspecified atom stereocenters. The molecule has 0 bridgehead atoms. The molecule has 3 N–H and O–H groups in total. The Hall–Kier alpha value is -4.20. The second kappa shape index (κ2) is 6.72. The minimum atomic E-state index is -0.574. The number of pyridine rings is 1. The number of fused-ring (bicyclic) bond motifs is 4. The van der Waals surface area contributed by atoms with Gasteiger partial charge in [-0.25, -0.2) is 9.97 Å². The molecule has 1 aliphatic carbocycles. The Balaban J connectivity index is 1.12. The minimum Gasteiger partial charge on any atom is -0.363 e. The number of imidazole rings is 1. The van der Waals surface area contributed by atoms with Crippen LogP contribution in [0.15, 0.2) is 42.6 Å². The number of hydrogen-bond acceptors (Lipinski definition) is 5. The van der Waals surface area contributed by atoms with E-state index in [0.717, 1.165) is 40.2 Å². The lowest BCUT2D eigenvalue weighted by molar-refractivity contribution is -0.120. The first kappa shape index (κ1) is 20.0. The Labute approximate surface area is 207 Å². The third kappa shape index (κ3) is 2.64. The van der Waals surface area contributed by atoms with Crippen molar-refractivity contribution in [3.05, 3.63) is 76.2 Å². The van der Waals surface area contributed by atoms with Gasteiger partial charge in [0.25, 0.3) is 0 Å². The Kier molecular flexibility index (Phi) is 3.74. The van der Waals surface area contributed by atoms with Crippen LogP contribution in [0.4, 0.5) is 17.2 Å². The summed E-state index contributed by atoms with van der Waals surface area (Å²) in [6.07, 6.45) is 3.58. The van der Waals surface area contributed by atoms with Crippen molar-refractivity contribution in [1.29, 1.82) is 0 Å². The lowest BCUT2D eigenvalue weighted by atomic mass is 9.79. The quantitative estimate of drug-likeness (QED) is 0.409. The van der Waals surface area contributed by atoms with Gasteiger partial charge in [0.05, 0.1) is 23.0 Å². The molecule has 2 aromatic carbocycles. The predicted molar refractivity (Wildman–Crippen MR) is 136 cm³/mol. The van der Waals surface area contributed by atoms with Crippen LogP contribution in [-0.2, 0) is 34.4 Å². The number of amides is 2. The summed E-state index contributed by atoms with van der Waals surface area (Å²) in [4.78, 5) is 40.4. The summed E-state index contributed by atoms with van der Waals surface area (Å²) >= 11 is 0. The summed E-state index contributed by atoms with van der Waals surface area (Å²) < 4.78 is 0. The van der Waals surface area contributed by atoms with Crippen LogP contribution in [0.3, 0.4) is 0 Å². The minimum absolute atomic E-state index is 0.0342. The van der Waals surface area contributed by atoms with Gasteiger partial charge in [-0.1, -0.05) is 6.07 Å². The lowest BCUT2D eigenvalue weighted by Gasteiger charge is -2.21. The average molecular weight is 477 g/mol. The van der Waals surface area contributed by atoms with Gasteiger partial charge in [0.1, 0.15) is 11.6 Å². The first-order valence-electron chi connectivity index (χ1n) is 12.4. The van der Waals surface area contributed by atoms with Crippen LogP contribution in [-0.4, -0.2) is 33.3 Å². The van der Waals surface area contributed by atoms with E-state index in [-0.39, 0.29) is 17.7 Å². The van der Waals surface area contributed by atoms with E-state index in [4.69, 9.17) is 4.98 Å². The summed E-state index contributed by atoms with van der Waals surface area (Å²) in [7, 11) is 0. The molecule has 0 saturated heterocycles. The highest BCUT2D eigenvalue weighted by atomic mass is 16.2. The molecule has 36 heavy (non-hydrogen) atoms. The van der Waals surface area contributed by atoms with E-state index in [9.17, 15) is 9.59 Å². The van der Waals surface area contributed by atoms with Gasteiger partial charge in [-0.2, -0.15) is 0 Å². The van der Waals surface area contributed by atoms with Crippen molar-refractivity contribution in [2.75, 3.05) is 22.1 Å². The van der Waals surface area contributed by atoms with Gasteiger partial charge in [-0.05, 0) is 66.8 Å². The number of aromatic nitrogens is 3. The molecule has 8 heteroatoms. The van der Waals surface area contributed by atoms with E-state index in [1.165, 1.54) is 22.4 Å². The Morgan fingerprint density at radius 3 is 2.86 bits per heavy atom. The second-order valence-corrected chi connectivity index (χ2v) is 10.7. The summed E-state index contributed by atoms with van der Waals surface area (Å²) in [6.45, 7) is 3.54. The molecular formula is C28H24N6O2. The summed E-state index contributed by atoms with van der Waals surface area (Å²) in [6, 6.07) is 12.5. The fourth-order valence-electron chi connectivity index (χ4n) is 6.86. The van der Waals surface area contributed by atoms with Gasteiger partial charge in [0.15, 0.2) is 0 Å². The lowest BCUT2D eigenvalue weighted by Crippen LogP contribution is -2.35. The van der Waals surface area contributed by atoms with Crippen LogP contribution in [0.5, 0.6) is 0 Å². The topological polar surface area (TPSA) is 103 Å². The molecule has 0 fully saturated rings. The van der Waals surface area contributed by atoms with E-state index in [1.54, 1.807) is 6.20 Å². The van der Waals surface area contributed by atoms with Crippen molar-refractivity contribution in [1.82, 2.24) is 15.0 Å². The predicted octanol–water partition coefficient (Wildman–Crippen LogP) is 3.70. The monoisotopic (exact) mass is 476 g/mol. The first-order chi connectivity index (χ1) is 17.5. The number of carbonyl (C=O) groups excluding carboxylic acids is 2. The number of nitrogens with zero attached hydrogens (tertiary/aromatic N) is 3. The number of nitrogens with one attached hydrogen (secondary N) is 3. The van der Waals surface area contributed by atoms with Crippen LogP contribution in [0.1, 0.15) is 46.0 Å². The summed E-state index contributed by atoms with van der Waals surface area (Å²) in [5.41, 5.74) is 9.24. The summed E-state index contributed by atoms with van der Waals surface area (Å²) in [5.74, 6) is 1.95. The third-order valence-electron chi connectivity index (χ3n) is 8.37. The molecule has 8 nitrogen and oxygen atoms in total. The van der Waals surface area contributed by atoms with E-state index in [2.05, 4.69) is 56.7 Å². The number of hydrogen-bond donors (Lipinski definition) is 3. The van der Waals surface area contributed by atoms with Gasteiger partial charge in [-0.15, -0.1) is 0 Å². The van der Waals surface area contributed by atoms with E-state index in [1.807, 2.05) is 12.1 Å². The molecule has 178 valence electrons. The van der Waals surface area contributed by atoms with Gasteiger partial charge in [0, 0.05) is 47.6 Å². The van der Waals surface area contributed by atoms with E-state index < -0.39 is 5.41 Å². The van der Waals surface area contributed by atoms with Gasteiger partial charge < -0.3 is 20.5 Å². The van der Waals surface area contributed by atoms with Crippen LogP contribution in [0, 0.1) is 6.92 Å². The highest BCUT2D eigenvalue weighted by Crippen LogP contribution is 2.48. The first-order valence-corrected chi connectivity index (χ1v) is 12.4. The molecule has 5 heterocycles. The average Bonchev–Trinajstić information content (AvgIpc) is 3.56. The molecule has 1 spiro atoms. The van der Waals surface area contributed by atoms with Crippen molar-refractivity contribution >= 4 is 40.0 Å². The smallest absolute Gasteiger partial charge is 0.237 e. The maximum atomic E-state index is 13.0. The van der Waals surface area contributed by atoms with Crippen LogP contribution >= 0.6 is 0 Å². The number of aryl methyl sites for hydroxylation is 1. The molecule has 0 radical (unpaired) electrons. The Bertz CT molecular complexity index is 1610. The highest BCUT2D eigenvalue weighted by molar-refractivity contribution is 6.06. The SMILES string of the molecule is Cc1cc2c3c(c1)N(Cc1nc4cc5c(cc4[nH]1)CC1(C5)C(=O)Nc4ncccc41)CC3CC(=O)N2. The van der Waals surface area contributed by atoms with Crippen LogP contribution in [0.2, 0.25) is 0 Å². The van der Waals surface area contributed by atoms with Crippen molar-refractivity contribution in [2.45, 2.75) is 44.1 Å². The number of aromatic amines is 1. The van der Waals surface area contributed by atoms with Crippen molar-refractivity contribution in [2.24, 2.45) is 0 Å². The normalized spacial score (nSPS) is 20.5. The highest BCUT2D eigenvalue weighted by Gasteiger charge is 2.51. The number of rotatable bonds is 2. The molecular weight excluding hydrogens is 452 g/mol. The largest absolute Gasteiger partial charge is 0.363 e. The van der Waals surface area contributed by atoms with Crippen molar-refractivity contribution < 1.29 is 9.59 Å². The van der Waals surface area contributed by atoms with Crippen LogP contribution in [0.25, 0.3) is 11.0 Å². The zero-order valence-electron chi connectivity index (χ0n) is 19.8. The fourth-order valence-corrected chi connectivity index (χ4v) is 6.86. The number of H-pyrrole nitrogens is 1. The standard InChI is InChI=1S/C28H24N6O2/c1-14-5-21-25-17(9-24(35)32-21)12-34(22(25)6-14)13-23-30-19-7-15-10-28(11-16(15)8-20(19)31-23)18-3-2-4-29-26(18)33-27(28)36/h2-8,17H,9-13H2,1H3,(H,30,31)(H,32,35)(H,29,33,36). The van der Waals surface area contributed by atoms with Crippen molar-refractivity contribution in [3.8, 4) is 0 Å². The molecule has 4 aliphatic rings. The molecule has 2 aromatic heterocycles. The zero-order valence-corrected chi connectivity index (χ0v) is 19.8. The second-order valence-electron chi connectivity index (χ2n) is 10.7. The number of benzene rings is 2. The van der Waals surface area contributed by atoms with Gasteiger partial charge in [-0.3, -0.25) is 9.59 Å². The molecule has 2 amide bonds. The maximum Gasteiger partial charge on any atom is 0.237 e. The maximum absolute atomic E-state index is 13.0. The Morgan fingerprint density at radius 1 is 1.11 bits per heavy atom. The number of anilines is 3. The zero-order chi connectivity index (χ0) is 24.2. The Morgan fingerprint density at radius 2 is 1.97 bits per heavy atom. The van der Waals surface area contributed by atoms with E-state index in [0.29, 0.717) is 31.6 Å². The van der Waals surface area contributed by atoms with Crippen LogP contribution < -0.4 is 15.5 Å². The number of carbonyl (C=O) groups is 2. The third-order valence-corrected chi connectivity index (χ3v) is 8.37. The molecule has 2 atom stereocenters. The fraction of sp³-hybridized carbons (Fsp3) is 0.286. The van der Waals surface area contributed by atoms with Gasteiger partial charge >= 0.3 is 0 Å². The molecule has 8 rings (SSSR count). The molecule has 3 aliphatic heterocycles.